The van der Waals surface area contributed by atoms with Crippen molar-refractivity contribution < 1.29 is 19.1 Å². The Hall–Kier alpha value is -3.09. The highest BCUT2D eigenvalue weighted by atomic mass is 16.5. The third kappa shape index (κ3) is 4.08. The molecule has 2 aromatic rings. The first-order valence-corrected chi connectivity index (χ1v) is 9.30. The molecule has 1 unspecified atom stereocenters. The van der Waals surface area contributed by atoms with Crippen molar-refractivity contribution in [3.8, 4) is 5.75 Å². The van der Waals surface area contributed by atoms with Gasteiger partial charge in [0.15, 0.2) is 17.7 Å². The molecule has 1 aromatic heterocycles. The molecule has 1 amide bonds. The summed E-state index contributed by atoms with van der Waals surface area (Å²) in [5, 5.41) is 0. The highest BCUT2D eigenvalue weighted by Gasteiger charge is 2.37. The Bertz CT molecular complexity index is 878. The summed E-state index contributed by atoms with van der Waals surface area (Å²) >= 11 is 0. The van der Waals surface area contributed by atoms with Crippen LogP contribution in [0.2, 0.25) is 0 Å². The van der Waals surface area contributed by atoms with Gasteiger partial charge in [-0.2, -0.15) is 0 Å². The highest BCUT2D eigenvalue weighted by Crippen LogP contribution is 2.35. The molecule has 3 rings (SSSR count). The monoisotopic (exact) mass is 383 g/mol. The van der Waals surface area contributed by atoms with Crippen LogP contribution in [-0.4, -0.2) is 29.1 Å². The van der Waals surface area contributed by atoms with Crippen LogP contribution in [-0.2, 0) is 16.1 Å². The zero-order chi connectivity index (χ0) is 20.4. The predicted molar refractivity (Wildman–Crippen MR) is 106 cm³/mol. The van der Waals surface area contributed by atoms with Crippen molar-refractivity contribution in [2.24, 2.45) is 5.92 Å². The van der Waals surface area contributed by atoms with E-state index in [0.29, 0.717) is 29.5 Å². The fourth-order valence-electron chi connectivity index (χ4n) is 2.97. The number of rotatable bonds is 5. The summed E-state index contributed by atoms with van der Waals surface area (Å²) in [6.45, 7) is 7.78. The Balaban J connectivity index is 1.87. The number of ether oxygens (including phenoxy) is 2. The van der Waals surface area contributed by atoms with E-state index >= 15 is 0 Å². The molecule has 0 radical (unpaired) electrons. The van der Waals surface area contributed by atoms with Crippen LogP contribution in [0.4, 0.5) is 11.6 Å². The van der Waals surface area contributed by atoms with Crippen molar-refractivity contribution in [3.63, 3.8) is 0 Å². The molecule has 0 spiro atoms. The first-order valence-electron chi connectivity index (χ1n) is 9.30. The largest absolute Gasteiger partial charge is 0.476 e. The Kier molecular flexibility index (Phi) is 5.53. The SMILES string of the molecule is CC(C)OC(=O)c1ccc(CN2C(=O)C(C(C)C)Oc3ccc(N)nc32)cc1. The molecule has 1 aliphatic rings. The number of hydrogen-bond donors (Lipinski definition) is 1. The summed E-state index contributed by atoms with van der Waals surface area (Å²) in [4.78, 5) is 30.9. The van der Waals surface area contributed by atoms with Crippen molar-refractivity contribution in [2.75, 3.05) is 10.6 Å². The lowest BCUT2D eigenvalue weighted by molar-refractivity contribution is -0.128. The number of anilines is 2. The second-order valence-corrected chi connectivity index (χ2v) is 7.42. The number of benzene rings is 1. The topological polar surface area (TPSA) is 94.8 Å². The van der Waals surface area contributed by atoms with Crippen LogP contribution < -0.4 is 15.4 Å². The molecule has 7 nitrogen and oxygen atoms in total. The summed E-state index contributed by atoms with van der Waals surface area (Å²) < 4.78 is 11.0. The number of nitrogen functional groups attached to an aromatic ring is 1. The van der Waals surface area contributed by atoms with Gasteiger partial charge in [0, 0.05) is 0 Å². The lowest BCUT2D eigenvalue weighted by Gasteiger charge is -2.35. The Morgan fingerprint density at radius 3 is 2.46 bits per heavy atom. The summed E-state index contributed by atoms with van der Waals surface area (Å²) in [7, 11) is 0. The normalized spacial score (nSPS) is 16.1. The van der Waals surface area contributed by atoms with Crippen molar-refractivity contribution >= 4 is 23.5 Å². The quantitative estimate of drug-likeness (QED) is 0.797. The first kappa shape index (κ1) is 19.7. The minimum absolute atomic E-state index is 0.00822. The van der Waals surface area contributed by atoms with E-state index in [-0.39, 0.29) is 23.9 Å². The van der Waals surface area contributed by atoms with E-state index in [0.717, 1.165) is 5.56 Å². The Labute approximate surface area is 164 Å². The van der Waals surface area contributed by atoms with Crippen LogP contribution in [0.1, 0.15) is 43.6 Å². The van der Waals surface area contributed by atoms with E-state index in [9.17, 15) is 9.59 Å². The molecule has 28 heavy (non-hydrogen) atoms. The molecule has 0 saturated carbocycles. The van der Waals surface area contributed by atoms with Crippen molar-refractivity contribution in [1.82, 2.24) is 4.98 Å². The molecule has 0 bridgehead atoms. The molecule has 0 saturated heterocycles. The van der Waals surface area contributed by atoms with E-state index in [1.807, 2.05) is 13.8 Å². The van der Waals surface area contributed by atoms with E-state index in [1.165, 1.54) is 0 Å². The minimum Gasteiger partial charge on any atom is -0.476 e. The number of nitrogens with zero attached hydrogens (tertiary/aromatic N) is 2. The Morgan fingerprint density at radius 1 is 1.18 bits per heavy atom. The van der Waals surface area contributed by atoms with Gasteiger partial charge in [0.25, 0.3) is 5.91 Å². The van der Waals surface area contributed by atoms with Gasteiger partial charge in [-0.05, 0) is 49.6 Å². The smallest absolute Gasteiger partial charge is 0.338 e. The van der Waals surface area contributed by atoms with E-state index in [2.05, 4.69) is 4.98 Å². The number of pyridine rings is 1. The number of carbonyl (C=O) groups is 2. The van der Waals surface area contributed by atoms with Gasteiger partial charge < -0.3 is 15.2 Å². The molecular weight excluding hydrogens is 358 g/mol. The molecule has 1 atom stereocenters. The molecular formula is C21H25N3O4. The maximum Gasteiger partial charge on any atom is 0.338 e. The summed E-state index contributed by atoms with van der Waals surface area (Å²) in [5.74, 6) is 0.728. The van der Waals surface area contributed by atoms with E-state index in [4.69, 9.17) is 15.2 Å². The number of amides is 1. The maximum atomic E-state index is 13.0. The van der Waals surface area contributed by atoms with Crippen molar-refractivity contribution in [3.05, 3.63) is 47.5 Å². The molecule has 2 N–H and O–H groups in total. The molecule has 2 heterocycles. The van der Waals surface area contributed by atoms with Gasteiger partial charge in [-0.1, -0.05) is 26.0 Å². The number of carbonyl (C=O) groups excluding carboxylic acids is 2. The maximum absolute atomic E-state index is 13.0. The fourth-order valence-corrected chi connectivity index (χ4v) is 2.97. The predicted octanol–water partition coefficient (Wildman–Crippen LogP) is 3.18. The number of hydrogen-bond acceptors (Lipinski definition) is 6. The molecule has 148 valence electrons. The van der Waals surface area contributed by atoms with Crippen LogP contribution in [0, 0.1) is 5.92 Å². The summed E-state index contributed by atoms with van der Waals surface area (Å²) in [6.07, 6.45) is -0.766. The van der Waals surface area contributed by atoms with Gasteiger partial charge in [-0.25, -0.2) is 9.78 Å². The van der Waals surface area contributed by atoms with Gasteiger partial charge in [0.2, 0.25) is 0 Å². The van der Waals surface area contributed by atoms with Crippen LogP contribution in [0.25, 0.3) is 0 Å². The highest BCUT2D eigenvalue weighted by molar-refractivity contribution is 5.99. The average molecular weight is 383 g/mol. The Morgan fingerprint density at radius 2 is 1.86 bits per heavy atom. The third-order valence-corrected chi connectivity index (χ3v) is 4.36. The van der Waals surface area contributed by atoms with Crippen molar-refractivity contribution in [2.45, 2.75) is 46.4 Å². The van der Waals surface area contributed by atoms with Crippen molar-refractivity contribution in [1.29, 1.82) is 0 Å². The minimum atomic E-state index is -0.585. The van der Waals surface area contributed by atoms with Crippen LogP contribution in [0.15, 0.2) is 36.4 Å². The van der Waals surface area contributed by atoms with Gasteiger partial charge in [0.05, 0.1) is 18.2 Å². The lowest BCUT2D eigenvalue weighted by Crippen LogP contribution is -2.48. The second kappa shape index (κ2) is 7.88. The second-order valence-electron chi connectivity index (χ2n) is 7.42. The summed E-state index contributed by atoms with van der Waals surface area (Å²) in [5.41, 5.74) is 7.14. The molecule has 1 aromatic carbocycles. The van der Waals surface area contributed by atoms with Gasteiger partial charge in [-0.3, -0.25) is 9.69 Å². The number of aromatic nitrogens is 1. The number of esters is 1. The van der Waals surface area contributed by atoms with Gasteiger partial charge >= 0.3 is 5.97 Å². The van der Waals surface area contributed by atoms with E-state index in [1.54, 1.807) is 55.1 Å². The third-order valence-electron chi connectivity index (χ3n) is 4.36. The lowest BCUT2D eigenvalue weighted by atomic mass is 10.0. The zero-order valence-electron chi connectivity index (χ0n) is 16.5. The van der Waals surface area contributed by atoms with Crippen LogP contribution >= 0.6 is 0 Å². The summed E-state index contributed by atoms with van der Waals surface area (Å²) in [6, 6.07) is 10.4. The molecule has 0 aliphatic carbocycles. The molecule has 1 aliphatic heterocycles. The fraction of sp³-hybridized carbons (Fsp3) is 0.381. The van der Waals surface area contributed by atoms with Gasteiger partial charge in [-0.15, -0.1) is 0 Å². The average Bonchev–Trinajstić information content (AvgIpc) is 2.63. The number of nitrogens with two attached hydrogens (primary N) is 1. The first-order chi connectivity index (χ1) is 13.3. The zero-order valence-corrected chi connectivity index (χ0v) is 16.5. The van der Waals surface area contributed by atoms with E-state index < -0.39 is 6.10 Å². The molecule has 0 fully saturated rings. The number of fused-ring (bicyclic) bond motifs is 1. The van der Waals surface area contributed by atoms with Crippen LogP contribution in [0.3, 0.4) is 0 Å². The van der Waals surface area contributed by atoms with Gasteiger partial charge in [0.1, 0.15) is 5.82 Å². The standard InChI is InChI=1S/C21H25N3O4/c1-12(2)18-20(25)24(19-16(28-18)9-10-17(22)23-19)11-14-5-7-15(8-6-14)21(26)27-13(3)4/h5-10,12-13,18H,11H2,1-4H3,(H2,22,23). The molecule has 7 heteroatoms. The van der Waals surface area contributed by atoms with Crippen LogP contribution in [0.5, 0.6) is 5.75 Å².